The van der Waals surface area contributed by atoms with Gasteiger partial charge in [-0.2, -0.15) is 6.42 Å². The second-order valence-corrected chi connectivity index (χ2v) is 3.22. The summed E-state index contributed by atoms with van der Waals surface area (Å²) in [6, 6.07) is 1.77. The molecule has 0 unspecified atom stereocenters. The zero-order chi connectivity index (χ0) is 11.5. The van der Waals surface area contributed by atoms with Gasteiger partial charge in [-0.15, -0.1) is 0 Å². The normalized spacial score (nSPS) is 8.69. The van der Waals surface area contributed by atoms with Gasteiger partial charge in [0.25, 0.3) is 0 Å². The maximum Gasteiger partial charge on any atom is 2.00 e. The van der Waals surface area contributed by atoms with Crippen LogP contribution in [0.5, 0.6) is 0 Å². The molecule has 0 saturated heterocycles. The predicted octanol–water partition coefficient (Wildman–Crippen LogP) is 2.15. The first-order chi connectivity index (χ1) is 7.24. The number of rotatable bonds is 3. The first-order valence-electron chi connectivity index (χ1n) is 4.41. The van der Waals surface area contributed by atoms with E-state index in [1.807, 2.05) is 13.8 Å². The van der Waals surface area contributed by atoms with Crippen molar-refractivity contribution in [3.63, 3.8) is 0 Å². The molecule has 1 rings (SSSR count). The molecule has 85 valence electrons. The van der Waals surface area contributed by atoms with Gasteiger partial charge in [-0.25, -0.2) is 0 Å². The zero-order valence-corrected chi connectivity index (χ0v) is 13.6. The summed E-state index contributed by atoms with van der Waals surface area (Å²) in [6.45, 7) is 7.37. The molecule has 0 amide bonds. The summed E-state index contributed by atoms with van der Waals surface area (Å²) in [5.41, 5.74) is 0.850. The first-order valence-corrected chi connectivity index (χ1v) is 6.11. The van der Waals surface area contributed by atoms with Gasteiger partial charge in [0.05, 0.1) is 0 Å². The van der Waals surface area contributed by atoms with E-state index in [1.54, 1.807) is 10.6 Å². The number of nitrogens with zero attached hydrogens (tertiary/aromatic N) is 4. The summed E-state index contributed by atoms with van der Waals surface area (Å²) in [4.78, 5) is 11.5. The van der Waals surface area contributed by atoms with Gasteiger partial charge in [-0.1, -0.05) is 6.92 Å². The largest absolute Gasteiger partial charge is 2.00 e. The molecule has 4 nitrogen and oxygen atoms in total. The Hall–Kier alpha value is -0.307. The summed E-state index contributed by atoms with van der Waals surface area (Å²) in [6.07, 6.45) is 4.96. The van der Waals surface area contributed by atoms with Crippen molar-refractivity contribution in [2.75, 3.05) is 0 Å². The Balaban J connectivity index is 0. The van der Waals surface area contributed by atoms with Crippen LogP contribution in [0.3, 0.4) is 0 Å². The standard InChI is InChI=1S/C7H6N4.C3H7.V.W/c1-6-3-7(10-4-8-2)11-5-9-6;1-3-2;;/h2-4H,1H3;1,3H2,2H3;;/q-2;-1;+2;. The third-order valence-corrected chi connectivity index (χ3v) is 1.48. The fraction of sp³-hybridized carbons (Fsp3) is 0.300. The van der Waals surface area contributed by atoms with Gasteiger partial charge >= 0.3 is 99.9 Å². The van der Waals surface area contributed by atoms with Crippen molar-refractivity contribution in [2.45, 2.75) is 20.3 Å². The van der Waals surface area contributed by atoms with Crippen molar-refractivity contribution >= 4 is 16.7 Å². The molecule has 0 aliphatic carbocycles. The molecule has 1 aromatic heterocycles. The smallest absolute Gasteiger partial charge is 0.344 e. The maximum atomic E-state index is 3.96. The second-order valence-electron chi connectivity index (χ2n) is 2.47. The minimum Gasteiger partial charge on any atom is -0.344 e. The predicted molar refractivity (Wildman–Crippen MR) is 58.8 cm³/mol. The molecule has 0 fully saturated rings. The number of aryl methyl sites for hydroxylation is 1. The third kappa shape index (κ3) is 10.2. The average Bonchev–Trinajstić information content (AvgIpc) is 2.19. The Kier molecular flexibility index (Phi) is 14.4. The van der Waals surface area contributed by atoms with E-state index in [0.29, 0.717) is 5.82 Å². The Labute approximate surface area is 120 Å². The summed E-state index contributed by atoms with van der Waals surface area (Å²) in [5.74, 6) is 0.586. The molecule has 0 aliphatic rings. The quantitative estimate of drug-likeness (QED) is 0.425. The maximum absolute atomic E-state index is 3.96. The molecule has 16 heavy (non-hydrogen) atoms. The Morgan fingerprint density at radius 2 is 2.25 bits per heavy atom. The van der Waals surface area contributed by atoms with E-state index < -0.39 is 0 Å². The van der Waals surface area contributed by atoms with E-state index in [-0.39, 0.29) is 18.6 Å². The fourth-order valence-electron chi connectivity index (χ4n) is 0.592. The van der Waals surface area contributed by atoms with Crippen LogP contribution in [0.1, 0.15) is 19.0 Å². The van der Waals surface area contributed by atoms with E-state index in [4.69, 9.17) is 0 Å². The molecular weight excluding hydrogens is 411 g/mol. The molecule has 0 aliphatic heterocycles. The van der Waals surface area contributed by atoms with E-state index in [0.717, 1.165) is 12.1 Å². The van der Waals surface area contributed by atoms with Crippen LogP contribution in [0.15, 0.2) is 11.1 Å². The monoisotopic (exact) mass is 424 g/mol. The topological polar surface area (TPSA) is 52.2 Å². The van der Waals surface area contributed by atoms with Crippen molar-refractivity contribution in [1.29, 1.82) is 0 Å². The molecule has 1 radical (unpaired) electrons. The molecule has 0 spiro atoms. The van der Waals surface area contributed by atoms with Crippen LogP contribution in [-0.2, 0) is 37.9 Å². The van der Waals surface area contributed by atoms with Gasteiger partial charge in [0.15, 0.2) is 0 Å². The molecule has 1 heterocycles. The molecule has 0 atom stereocenters. The van der Waals surface area contributed by atoms with Crippen LogP contribution in [0.4, 0.5) is 5.82 Å². The van der Waals surface area contributed by atoms with Crippen LogP contribution < -0.4 is 0 Å². The molecule has 6 heteroatoms. The minimum absolute atomic E-state index is 0. The van der Waals surface area contributed by atoms with Gasteiger partial charge in [0.2, 0.25) is 0 Å². The van der Waals surface area contributed by atoms with Crippen LogP contribution in [0.2, 0.25) is 0 Å². The van der Waals surface area contributed by atoms with Gasteiger partial charge in [-0.3, -0.25) is 0 Å². The van der Waals surface area contributed by atoms with Gasteiger partial charge in [0.1, 0.15) is 0 Å². The molecule has 0 aromatic carbocycles. The Morgan fingerprint density at radius 1 is 1.62 bits per heavy atom. The van der Waals surface area contributed by atoms with Crippen molar-refractivity contribution in [1.82, 2.24) is 9.97 Å². The second kappa shape index (κ2) is 12.8. The summed E-state index contributed by atoms with van der Waals surface area (Å²) < 4.78 is 1.74. The fourth-order valence-corrected chi connectivity index (χ4v) is 0.788. The minimum atomic E-state index is 0. The molecular formula is C10H13N4VW-. The van der Waals surface area contributed by atoms with E-state index in [2.05, 4.69) is 33.5 Å². The van der Waals surface area contributed by atoms with E-state index in [9.17, 15) is 0 Å². The van der Waals surface area contributed by atoms with E-state index in [1.165, 1.54) is 25.7 Å². The molecule has 0 bridgehead atoms. The number of hydrogen-bond acceptors (Lipinski definition) is 3. The van der Waals surface area contributed by atoms with E-state index >= 15 is 0 Å². The molecule has 1 aromatic rings. The van der Waals surface area contributed by atoms with Crippen molar-refractivity contribution in [3.8, 4) is 0 Å². The number of aromatic nitrogens is 2. The molecule has 0 saturated carbocycles. The van der Waals surface area contributed by atoms with Crippen LogP contribution in [0, 0.1) is 20.2 Å². The van der Waals surface area contributed by atoms with Crippen LogP contribution in [0.25, 0.3) is 5.32 Å². The number of hydrogen-bond donors (Lipinski definition) is 0. The summed E-state index contributed by atoms with van der Waals surface area (Å²) >= 11 is 1.29. The Bertz CT molecular complexity index is 317. The summed E-state index contributed by atoms with van der Waals surface area (Å²) in [7, 11) is 0. The van der Waals surface area contributed by atoms with Gasteiger partial charge in [-0.05, 0) is 0 Å². The zero-order valence-electron chi connectivity index (χ0n) is 9.29. The van der Waals surface area contributed by atoms with Crippen molar-refractivity contribution < 1.29 is 37.9 Å². The number of aliphatic imine (C=N–C) groups is 1. The third-order valence-electron chi connectivity index (χ3n) is 1.05. The first kappa shape index (κ1) is 18.1. The van der Waals surface area contributed by atoms with Crippen LogP contribution in [-0.4, -0.2) is 20.8 Å². The van der Waals surface area contributed by atoms with Gasteiger partial charge in [0, 0.05) is 0 Å². The SMILES string of the molecule is Cc1cc([N-]C=N[CH]=[W])n[c-]n1.[CH2-]CC.[V+2]. The summed E-state index contributed by atoms with van der Waals surface area (Å²) in [5, 5.41) is 3.96. The van der Waals surface area contributed by atoms with Crippen LogP contribution >= 0.6 is 0 Å². The average molecular weight is 424 g/mol. The molecule has 0 N–H and O–H groups in total. The Morgan fingerprint density at radius 3 is 2.75 bits per heavy atom. The van der Waals surface area contributed by atoms with Crippen molar-refractivity contribution in [3.05, 3.63) is 30.3 Å². The van der Waals surface area contributed by atoms with Gasteiger partial charge < -0.3 is 6.92 Å². The van der Waals surface area contributed by atoms with Crippen molar-refractivity contribution in [2.24, 2.45) is 4.99 Å².